The van der Waals surface area contributed by atoms with Crippen LogP contribution < -0.4 is 0 Å². The van der Waals surface area contributed by atoms with Crippen LogP contribution in [0.2, 0.25) is 0 Å². The van der Waals surface area contributed by atoms with Crippen LogP contribution in [0.1, 0.15) is 11.1 Å². The molecule has 0 saturated heterocycles. The predicted octanol–water partition coefficient (Wildman–Crippen LogP) is 4.31. The average Bonchev–Trinajstić information content (AvgIpc) is 2.94. The van der Waals surface area contributed by atoms with E-state index in [9.17, 15) is 0 Å². The highest BCUT2D eigenvalue weighted by Crippen LogP contribution is 2.18. The van der Waals surface area contributed by atoms with Crippen molar-refractivity contribution in [1.29, 1.82) is 0 Å². The van der Waals surface area contributed by atoms with E-state index in [1.807, 2.05) is 36.4 Å². The molecule has 4 heteroatoms. The predicted molar refractivity (Wildman–Crippen MR) is 81.7 cm³/mol. The van der Waals surface area contributed by atoms with E-state index in [1.165, 1.54) is 12.0 Å². The molecule has 1 aromatic heterocycles. The number of aromatic nitrogens is 1. The van der Waals surface area contributed by atoms with Gasteiger partial charge in [0.2, 0.25) is 0 Å². The molecule has 1 unspecified atom stereocenters. The van der Waals surface area contributed by atoms with E-state index >= 15 is 0 Å². The van der Waals surface area contributed by atoms with Crippen molar-refractivity contribution in [3.8, 4) is 0 Å². The molecule has 20 heavy (non-hydrogen) atoms. The molecule has 3 aromatic rings. The number of fused-ring (bicyclic) bond motifs is 1. The third kappa shape index (κ3) is 3.26. The molecule has 3 rings (SSSR count). The van der Waals surface area contributed by atoms with Crippen LogP contribution in [0.25, 0.3) is 11.1 Å². The Hall–Kier alpha value is -1.65. The quantitative estimate of drug-likeness (QED) is 0.653. The van der Waals surface area contributed by atoms with Crippen LogP contribution in [0.4, 0.5) is 0 Å². The van der Waals surface area contributed by atoms with Gasteiger partial charge in [-0.15, -0.1) is 0 Å². The molecular weight excluding hydrogens is 318 g/mol. The molecule has 102 valence electrons. The van der Waals surface area contributed by atoms with Crippen LogP contribution >= 0.6 is 15.9 Å². The highest BCUT2D eigenvalue weighted by molar-refractivity contribution is 9.09. The molecule has 3 nitrogen and oxygen atoms in total. The average molecular weight is 332 g/mol. The number of nitrogens with zero attached hydrogens (tertiary/aromatic N) is 1. The van der Waals surface area contributed by atoms with E-state index in [0.29, 0.717) is 6.61 Å². The maximum atomic E-state index is 5.80. The van der Waals surface area contributed by atoms with Gasteiger partial charge >= 0.3 is 0 Å². The summed E-state index contributed by atoms with van der Waals surface area (Å²) in [5.74, 6) is 0. The SMILES string of the molecule is BrC(Cc1ccc2ncoc2c1)OCc1ccccc1. The second kappa shape index (κ2) is 6.20. The Morgan fingerprint density at radius 1 is 1.10 bits per heavy atom. The number of hydrogen-bond acceptors (Lipinski definition) is 3. The van der Waals surface area contributed by atoms with E-state index in [-0.39, 0.29) is 5.01 Å². The molecular formula is C16H14BrNO2. The van der Waals surface area contributed by atoms with Crippen molar-refractivity contribution in [1.82, 2.24) is 4.98 Å². The minimum atomic E-state index is -0.0249. The summed E-state index contributed by atoms with van der Waals surface area (Å²) in [6, 6.07) is 16.2. The molecule has 1 heterocycles. The number of ether oxygens (including phenoxy) is 1. The monoisotopic (exact) mass is 331 g/mol. The van der Waals surface area contributed by atoms with E-state index in [2.05, 4.69) is 33.0 Å². The summed E-state index contributed by atoms with van der Waals surface area (Å²) in [6.45, 7) is 0.599. The van der Waals surface area contributed by atoms with E-state index in [1.54, 1.807) is 0 Å². The fourth-order valence-corrected chi connectivity index (χ4v) is 2.54. The van der Waals surface area contributed by atoms with Crippen molar-refractivity contribution < 1.29 is 9.15 Å². The lowest BCUT2D eigenvalue weighted by Gasteiger charge is -2.11. The molecule has 1 atom stereocenters. The lowest BCUT2D eigenvalue weighted by molar-refractivity contribution is 0.104. The molecule has 0 aliphatic carbocycles. The van der Waals surface area contributed by atoms with E-state index in [0.717, 1.165) is 23.1 Å². The van der Waals surface area contributed by atoms with Gasteiger partial charge in [0.25, 0.3) is 0 Å². The van der Waals surface area contributed by atoms with Crippen molar-refractivity contribution >= 4 is 27.0 Å². The van der Waals surface area contributed by atoms with Crippen molar-refractivity contribution in [2.75, 3.05) is 0 Å². The highest BCUT2D eigenvalue weighted by Gasteiger charge is 2.08. The number of hydrogen-bond donors (Lipinski definition) is 0. The first-order chi connectivity index (χ1) is 9.81. The zero-order valence-electron chi connectivity index (χ0n) is 10.8. The lowest BCUT2D eigenvalue weighted by atomic mass is 10.1. The molecule has 0 bridgehead atoms. The zero-order chi connectivity index (χ0) is 13.8. The second-order valence-corrected chi connectivity index (χ2v) is 5.59. The van der Waals surface area contributed by atoms with Gasteiger partial charge in [0.15, 0.2) is 12.0 Å². The number of oxazole rings is 1. The maximum Gasteiger partial charge on any atom is 0.181 e. The van der Waals surface area contributed by atoms with Gasteiger partial charge in [0, 0.05) is 6.42 Å². The summed E-state index contributed by atoms with van der Waals surface area (Å²) in [5.41, 5.74) is 4.02. The van der Waals surface area contributed by atoms with Crippen molar-refractivity contribution in [3.63, 3.8) is 0 Å². The summed E-state index contributed by atoms with van der Waals surface area (Å²) >= 11 is 3.56. The van der Waals surface area contributed by atoms with Gasteiger partial charge in [-0.2, -0.15) is 0 Å². The number of rotatable bonds is 5. The van der Waals surface area contributed by atoms with Crippen LogP contribution in [0.5, 0.6) is 0 Å². The summed E-state index contributed by atoms with van der Waals surface area (Å²) in [5, 5.41) is -0.0249. The maximum absolute atomic E-state index is 5.80. The van der Waals surface area contributed by atoms with E-state index in [4.69, 9.17) is 9.15 Å². The first-order valence-electron chi connectivity index (χ1n) is 6.43. The summed E-state index contributed by atoms with van der Waals surface area (Å²) in [4.78, 5) is 4.11. The fourth-order valence-electron chi connectivity index (χ4n) is 2.03. The molecule has 0 aliphatic rings. The van der Waals surface area contributed by atoms with Gasteiger partial charge in [-0.1, -0.05) is 52.3 Å². The highest BCUT2D eigenvalue weighted by atomic mass is 79.9. The second-order valence-electron chi connectivity index (χ2n) is 4.57. The normalized spacial score (nSPS) is 12.7. The standard InChI is InChI=1S/C16H14BrNO2/c17-16(19-10-12-4-2-1-3-5-12)9-13-6-7-14-15(8-13)20-11-18-14/h1-8,11,16H,9-10H2. The Balaban J connectivity index is 1.59. The van der Waals surface area contributed by atoms with Crippen LogP contribution in [0.15, 0.2) is 59.3 Å². The smallest absolute Gasteiger partial charge is 0.181 e. The third-order valence-electron chi connectivity index (χ3n) is 3.07. The molecule has 0 amide bonds. The van der Waals surface area contributed by atoms with Gasteiger partial charge in [-0.25, -0.2) is 4.98 Å². The van der Waals surface area contributed by atoms with Gasteiger partial charge < -0.3 is 9.15 Å². The largest absolute Gasteiger partial charge is 0.443 e. The van der Waals surface area contributed by atoms with Gasteiger partial charge in [0.05, 0.1) is 6.61 Å². The summed E-state index contributed by atoms with van der Waals surface area (Å²) < 4.78 is 11.1. The van der Waals surface area contributed by atoms with Crippen LogP contribution in [-0.2, 0) is 17.8 Å². The van der Waals surface area contributed by atoms with Crippen molar-refractivity contribution in [2.24, 2.45) is 0 Å². The van der Waals surface area contributed by atoms with Crippen LogP contribution in [0, 0.1) is 0 Å². The molecule has 0 N–H and O–H groups in total. The minimum Gasteiger partial charge on any atom is -0.443 e. The summed E-state index contributed by atoms with van der Waals surface area (Å²) in [6.07, 6.45) is 2.25. The third-order valence-corrected chi connectivity index (χ3v) is 3.65. The summed E-state index contributed by atoms with van der Waals surface area (Å²) in [7, 11) is 0. The van der Waals surface area contributed by atoms with Gasteiger partial charge in [-0.05, 0) is 23.3 Å². The fraction of sp³-hybridized carbons (Fsp3) is 0.188. The van der Waals surface area contributed by atoms with Crippen LogP contribution in [-0.4, -0.2) is 10.00 Å². The molecule has 0 aliphatic heterocycles. The van der Waals surface area contributed by atoms with Gasteiger partial charge in [-0.3, -0.25) is 0 Å². The molecule has 0 spiro atoms. The van der Waals surface area contributed by atoms with E-state index < -0.39 is 0 Å². The van der Waals surface area contributed by atoms with Crippen molar-refractivity contribution in [3.05, 3.63) is 66.1 Å². The molecule has 2 aromatic carbocycles. The molecule has 0 radical (unpaired) electrons. The minimum absolute atomic E-state index is 0.0249. The Bertz CT molecular complexity index is 681. The first kappa shape index (κ1) is 13.3. The van der Waals surface area contributed by atoms with Crippen molar-refractivity contribution in [2.45, 2.75) is 18.0 Å². The Labute approximate surface area is 125 Å². The molecule has 0 fully saturated rings. The van der Waals surface area contributed by atoms with Gasteiger partial charge in [0.1, 0.15) is 10.5 Å². The number of benzene rings is 2. The van der Waals surface area contributed by atoms with Crippen LogP contribution in [0.3, 0.4) is 0 Å². The zero-order valence-corrected chi connectivity index (χ0v) is 12.4. The Morgan fingerprint density at radius 3 is 2.80 bits per heavy atom. The molecule has 0 saturated carbocycles. The Morgan fingerprint density at radius 2 is 1.95 bits per heavy atom. The topological polar surface area (TPSA) is 35.3 Å². The number of alkyl halides is 1. The lowest BCUT2D eigenvalue weighted by Crippen LogP contribution is -2.08. The first-order valence-corrected chi connectivity index (χ1v) is 7.34. The number of halogens is 1. The Kier molecular flexibility index (Phi) is 4.14.